The normalized spacial score (nSPS) is 31.8. The lowest BCUT2D eigenvalue weighted by Crippen LogP contribution is -2.39. The maximum absolute atomic E-state index is 11.7. The predicted octanol–water partition coefficient (Wildman–Crippen LogP) is 0.908. The number of aliphatic hydroxyl groups is 1. The quantitative estimate of drug-likeness (QED) is 0.681. The summed E-state index contributed by atoms with van der Waals surface area (Å²) in [6.07, 6.45) is -5.82. The Balaban J connectivity index is 2.14. The second-order valence-electron chi connectivity index (χ2n) is 3.29. The van der Waals surface area contributed by atoms with Gasteiger partial charge in [-0.25, -0.2) is 0 Å². The smallest absolute Gasteiger partial charge is 0.382 e. The molecule has 0 radical (unpaired) electrons. The zero-order valence-corrected chi connectivity index (χ0v) is 6.73. The van der Waals surface area contributed by atoms with Gasteiger partial charge in [0.1, 0.15) is 0 Å². The summed E-state index contributed by atoms with van der Waals surface area (Å²) in [5.41, 5.74) is 0. The largest absolute Gasteiger partial charge is 0.415 e. The number of hydrogen-bond acceptors (Lipinski definition) is 2. The molecule has 0 aliphatic heterocycles. The molecular weight excluding hydrogens is 171 g/mol. The van der Waals surface area contributed by atoms with Crippen molar-refractivity contribution in [3.63, 3.8) is 0 Å². The van der Waals surface area contributed by atoms with Crippen LogP contribution in [0.15, 0.2) is 0 Å². The lowest BCUT2D eigenvalue weighted by molar-refractivity contribution is -0.201. The molecule has 2 nitrogen and oxygen atoms in total. The summed E-state index contributed by atoms with van der Waals surface area (Å²) in [7, 11) is 0. The van der Waals surface area contributed by atoms with E-state index < -0.39 is 18.8 Å². The van der Waals surface area contributed by atoms with Crippen molar-refractivity contribution in [1.82, 2.24) is 5.32 Å². The van der Waals surface area contributed by atoms with Crippen molar-refractivity contribution in [2.45, 2.75) is 31.7 Å². The molecule has 5 heteroatoms. The molecule has 1 aliphatic rings. The molecule has 2 N–H and O–H groups in total. The summed E-state index contributed by atoms with van der Waals surface area (Å²) in [6.45, 7) is 1.57. The van der Waals surface area contributed by atoms with E-state index in [9.17, 15) is 13.2 Å². The average molecular weight is 183 g/mol. The molecule has 0 aromatic rings. The first kappa shape index (κ1) is 9.80. The van der Waals surface area contributed by atoms with Crippen molar-refractivity contribution < 1.29 is 18.3 Å². The van der Waals surface area contributed by atoms with Crippen LogP contribution in [0, 0.1) is 5.92 Å². The molecule has 0 heterocycles. The van der Waals surface area contributed by atoms with Gasteiger partial charge in [0.15, 0.2) is 6.10 Å². The van der Waals surface area contributed by atoms with Gasteiger partial charge in [-0.15, -0.1) is 0 Å². The van der Waals surface area contributed by atoms with E-state index in [1.807, 2.05) is 6.92 Å². The van der Waals surface area contributed by atoms with E-state index in [1.54, 1.807) is 0 Å². The minimum atomic E-state index is -4.49. The minimum Gasteiger partial charge on any atom is -0.382 e. The summed E-state index contributed by atoms with van der Waals surface area (Å²) < 4.78 is 35.2. The molecule has 12 heavy (non-hydrogen) atoms. The third-order valence-electron chi connectivity index (χ3n) is 2.06. The number of rotatable bonds is 3. The van der Waals surface area contributed by atoms with Gasteiger partial charge in [0.25, 0.3) is 0 Å². The van der Waals surface area contributed by atoms with Crippen LogP contribution in [0.3, 0.4) is 0 Å². The first-order chi connectivity index (χ1) is 5.41. The van der Waals surface area contributed by atoms with Crippen LogP contribution in [0.2, 0.25) is 0 Å². The molecule has 0 amide bonds. The highest BCUT2D eigenvalue weighted by atomic mass is 19.4. The maximum Gasteiger partial charge on any atom is 0.415 e. The summed E-state index contributed by atoms with van der Waals surface area (Å²) in [6, 6.07) is 0.169. The molecule has 0 bridgehead atoms. The molecule has 72 valence electrons. The molecule has 0 spiro atoms. The fourth-order valence-corrected chi connectivity index (χ4v) is 0.985. The van der Waals surface area contributed by atoms with Crippen molar-refractivity contribution in [3.05, 3.63) is 0 Å². The summed E-state index contributed by atoms with van der Waals surface area (Å²) in [5.74, 6) is 0.449. The second-order valence-corrected chi connectivity index (χ2v) is 3.29. The van der Waals surface area contributed by atoms with E-state index >= 15 is 0 Å². The standard InChI is InChI=1S/C7H12F3NO/c1-4-2-5(4)11-3-6(12)7(8,9)10/h4-6,11-12H,2-3H2,1H3. The van der Waals surface area contributed by atoms with Crippen molar-refractivity contribution in [2.75, 3.05) is 6.54 Å². The molecule has 1 rings (SSSR count). The third-order valence-corrected chi connectivity index (χ3v) is 2.06. The van der Waals surface area contributed by atoms with Crippen molar-refractivity contribution in [1.29, 1.82) is 0 Å². The van der Waals surface area contributed by atoms with Gasteiger partial charge in [-0.1, -0.05) is 6.92 Å². The van der Waals surface area contributed by atoms with E-state index in [-0.39, 0.29) is 6.04 Å². The molecule has 1 aliphatic carbocycles. The summed E-state index contributed by atoms with van der Waals surface area (Å²) >= 11 is 0. The van der Waals surface area contributed by atoms with Gasteiger partial charge in [0, 0.05) is 12.6 Å². The van der Waals surface area contributed by atoms with Crippen molar-refractivity contribution >= 4 is 0 Å². The fourth-order valence-electron chi connectivity index (χ4n) is 0.985. The molecule has 0 aromatic heterocycles. The molecular formula is C7H12F3NO. The van der Waals surface area contributed by atoms with Gasteiger partial charge < -0.3 is 10.4 Å². The Labute approximate surface area is 68.8 Å². The maximum atomic E-state index is 11.7. The molecule has 0 saturated heterocycles. The van der Waals surface area contributed by atoms with Gasteiger partial charge in [-0.3, -0.25) is 0 Å². The molecule has 1 fully saturated rings. The molecule has 3 unspecified atom stereocenters. The first-order valence-electron chi connectivity index (χ1n) is 3.89. The Morgan fingerprint density at radius 2 is 2.08 bits per heavy atom. The second kappa shape index (κ2) is 3.22. The summed E-state index contributed by atoms with van der Waals surface area (Å²) in [4.78, 5) is 0. The van der Waals surface area contributed by atoms with Crippen molar-refractivity contribution in [3.8, 4) is 0 Å². The van der Waals surface area contributed by atoms with Crippen LogP contribution < -0.4 is 5.32 Å². The van der Waals surface area contributed by atoms with Crippen LogP contribution in [-0.4, -0.2) is 30.0 Å². The molecule has 1 saturated carbocycles. The van der Waals surface area contributed by atoms with E-state index in [2.05, 4.69) is 5.32 Å². The Hall–Kier alpha value is -0.290. The van der Waals surface area contributed by atoms with Gasteiger partial charge in [0.05, 0.1) is 0 Å². The van der Waals surface area contributed by atoms with Crippen LogP contribution in [-0.2, 0) is 0 Å². The van der Waals surface area contributed by atoms with E-state index in [1.165, 1.54) is 0 Å². The number of alkyl halides is 3. The van der Waals surface area contributed by atoms with E-state index in [0.29, 0.717) is 5.92 Å². The Morgan fingerprint density at radius 1 is 1.58 bits per heavy atom. The lowest BCUT2D eigenvalue weighted by Gasteiger charge is -2.14. The highest BCUT2D eigenvalue weighted by Crippen LogP contribution is 2.29. The molecule has 3 atom stereocenters. The highest BCUT2D eigenvalue weighted by molar-refractivity contribution is 4.90. The van der Waals surface area contributed by atoms with E-state index in [0.717, 1.165) is 6.42 Å². The highest BCUT2D eigenvalue weighted by Gasteiger charge is 2.40. The predicted molar refractivity (Wildman–Crippen MR) is 37.6 cm³/mol. The van der Waals surface area contributed by atoms with Gasteiger partial charge >= 0.3 is 6.18 Å². The summed E-state index contributed by atoms with van der Waals surface area (Å²) in [5, 5.41) is 11.2. The Bertz CT molecular complexity index is 159. The van der Waals surface area contributed by atoms with Gasteiger partial charge in [0.2, 0.25) is 0 Å². The van der Waals surface area contributed by atoms with E-state index in [4.69, 9.17) is 5.11 Å². The number of nitrogens with one attached hydrogen (secondary N) is 1. The monoisotopic (exact) mass is 183 g/mol. The molecule has 0 aromatic carbocycles. The topological polar surface area (TPSA) is 32.3 Å². The minimum absolute atomic E-state index is 0.169. The average Bonchev–Trinajstić information content (AvgIpc) is 2.59. The van der Waals surface area contributed by atoms with Crippen LogP contribution in [0.5, 0.6) is 0 Å². The zero-order valence-electron chi connectivity index (χ0n) is 6.73. The van der Waals surface area contributed by atoms with Crippen molar-refractivity contribution in [2.24, 2.45) is 5.92 Å². The van der Waals surface area contributed by atoms with Crippen LogP contribution in [0.1, 0.15) is 13.3 Å². The SMILES string of the molecule is CC1CC1NCC(O)C(F)(F)F. The van der Waals surface area contributed by atoms with Crippen LogP contribution >= 0.6 is 0 Å². The van der Waals surface area contributed by atoms with Crippen LogP contribution in [0.25, 0.3) is 0 Å². The van der Waals surface area contributed by atoms with Gasteiger partial charge in [-0.2, -0.15) is 13.2 Å². The lowest BCUT2D eigenvalue weighted by atomic mass is 10.3. The number of aliphatic hydroxyl groups excluding tert-OH is 1. The third kappa shape index (κ3) is 2.64. The Kier molecular flexibility index (Phi) is 2.63. The number of hydrogen-bond donors (Lipinski definition) is 2. The number of halogens is 3. The Morgan fingerprint density at radius 3 is 2.42 bits per heavy atom. The fraction of sp³-hybridized carbons (Fsp3) is 1.00. The van der Waals surface area contributed by atoms with Crippen LogP contribution in [0.4, 0.5) is 13.2 Å². The zero-order chi connectivity index (χ0) is 9.35. The first-order valence-corrected chi connectivity index (χ1v) is 3.89. The van der Waals surface area contributed by atoms with Gasteiger partial charge in [-0.05, 0) is 12.3 Å².